The number of rotatable bonds is 8. The number of hydrazone groups is 1. The fraction of sp³-hybridized carbons (Fsp3) is 0.143. The van der Waals surface area contributed by atoms with Gasteiger partial charge in [0.05, 0.1) is 12.0 Å². The Morgan fingerprint density at radius 3 is 2.65 bits per heavy atom. The summed E-state index contributed by atoms with van der Waals surface area (Å²) >= 11 is 8.02. The molecule has 0 aliphatic rings. The van der Waals surface area contributed by atoms with E-state index in [9.17, 15) is 9.90 Å². The molecule has 0 spiro atoms. The first-order chi connectivity index (χ1) is 14.8. The average Bonchev–Trinajstić information content (AvgIpc) is 3.11. The van der Waals surface area contributed by atoms with Gasteiger partial charge in [-0.1, -0.05) is 67.9 Å². The van der Waals surface area contributed by atoms with E-state index in [2.05, 4.69) is 59.2 Å². The minimum atomic E-state index is -0.300. The van der Waals surface area contributed by atoms with Gasteiger partial charge in [0.1, 0.15) is 5.75 Å². The smallest absolute Gasteiger partial charge is 0.250 e. The highest BCUT2D eigenvalue weighted by molar-refractivity contribution is 9.10. The van der Waals surface area contributed by atoms with Crippen molar-refractivity contribution in [2.75, 3.05) is 5.75 Å². The Labute approximate surface area is 200 Å². The lowest BCUT2D eigenvalue weighted by Crippen LogP contribution is -2.20. The Morgan fingerprint density at radius 1 is 1.23 bits per heavy atom. The summed E-state index contributed by atoms with van der Waals surface area (Å²) in [6.07, 6.45) is 1.39. The van der Waals surface area contributed by atoms with Crippen LogP contribution in [0.5, 0.6) is 5.75 Å². The van der Waals surface area contributed by atoms with Gasteiger partial charge < -0.3 is 5.11 Å². The zero-order chi connectivity index (χ0) is 22.4. The number of hydrogen-bond donors (Lipinski definition) is 2. The SMILES string of the molecule is C=C(C)Cn1c(SCC(=O)N/N=C/c2cc(Br)ccc2O)nnc1-c1ccc(Br)cc1. The van der Waals surface area contributed by atoms with Gasteiger partial charge in [-0.3, -0.25) is 9.36 Å². The van der Waals surface area contributed by atoms with Crippen molar-refractivity contribution < 1.29 is 9.90 Å². The number of hydrogen-bond acceptors (Lipinski definition) is 6. The topological polar surface area (TPSA) is 92.4 Å². The number of halogens is 2. The van der Waals surface area contributed by atoms with Crippen molar-refractivity contribution in [2.24, 2.45) is 5.10 Å². The number of phenols is 1. The second kappa shape index (κ2) is 10.7. The van der Waals surface area contributed by atoms with E-state index in [1.165, 1.54) is 18.0 Å². The standard InChI is InChI=1S/C21H19Br2N5O2S/c1-13(2)11-28-20(14-3-5-16(22)6-4-14)26-27-21(28)31-12-19(30)25-24-10-15-9-17(23)7-8-18(15)29/h3-10,29H,1,11-12H2,2H3,(H,25,30)/b24-10+. The first-order valence-corrected chi connectivity index (χ1v) is 11.7. The lowest BCUT2D eigenvalue weighted by molar-refractivity contribution is -0.118. The molecule has 0 bridgehead atoms. The third-order valence-electron chi connectivity index (χ3n) is 3.96. The lowest BCUT2D eigenvalue weighted by Gasteiger charge is -2.10. The molecule has 2 aromatic carbocycles. The molecular weight excluding hydrogens is 546 g/mol. The quantitative estimate of drug-likeness (QED) is 0.174. The molecule has 3 aromatic rings. The van der Waals surface area contributed by atoms with Crippen LogP contribution in [0.4, 0.5) is 0 Å². The number of aromatic nitrogens is 3. The van der Waals surface area contributed by atoms with E-state index < -0.39 is 0 Å². The highest BCUT2D eigenvalue weighted by Gasteiger charge is 2.15. The van der Waals surface area contributed by atoms with Crippen LogP contribution in [0.25, 0.3) is 11.4 Å². The lowest BCUT2D eigenvalue weighted by atomic mass is 10.2. The molecule has 0 radical (unpaired) electrons. The molecule has 1 amide bonds. The second-order valence-corrected chi connectivity index (χ2v) is 9.42. The van der Waals surface area contributed by atoms with E-state index in [1.54, 1.807) is 18.2 Å². The maximum Gasteiger partial charge on any atom is 0.250 e. The van der Waals surface area contributed by atoms with Crippen molar-refractivity contribution in [1.29, 1.82) is 0 Å². The number of carbonyl (C=O) groups is 1. The summed E-state index contributed by atoms with van der Waals surface area (Å²) < 4.78 is 3.71. The molecule has 0 aliphatic heterocycles. The molecule has 1 heterocycles. The zero-order valence-corrected chi connectivity index (χ0v) is 20.5. The van der Waals surface area contributed by atoms with Crippen molar-refractivity contribution in [1.82, 2.24) is 20.2 Å². The summed E-state index contributed by atoms with van der Waals surface area (Å²) in [6, 6.07) is 12.7. The Hall–Kier alpha value is -2.43. The molecule has 10 heteroatoms. The molecule has 3 rings (SSSR count). The molecule has 0 atom stereocenters. The van der Waals surface area contributed by atoms with Crippen LogP contribution >= 0.6 is 43.6 Å². The van der Waals surface area contributed by atoms with Gasteiger partial charge in [-0.15, -0.1) is 10.2 Å². The first-order valence-electron chi connectivity index (χ1n) is 9.10. The summed E-state index contributed by atoms with van der Waals surface area (Å²) in [5.74, 6) is 0.590. The monoisotopic (exact) mass is 563 g/mol. The molecule has 160 valence electrons. The van der Waals surface area contributed by atoms with Gasteiger partial charge in [0.25, 0.3) is 5.91 Å². The van der Waals surface area contributed by atoms with E-state index in [1.807, 2.05) is 35.8 Å². The molecule has 0 saturated heterocycles. The summed E-state index contributed by atoms with van der Waals surface area (Å²) in [4.78, 5) is 12.2. The Bertz CT molecular complexity index is 1130. The molecule has 0 unspecified atom stereocenters. The van der Waals surface area contributed by atoms with Gasteiger partial charge in [-0.25, -0.2) is 5.43 Å². The Kier molecular flexibility index (Phi) is 8.05. The maximum atomic E-state index is 12.2. The predicted molar refractivity (Wildman–Crippen MR) is 130 cm³/mol. The fourth-order valence-electron chi connectivity index (χ4n) is 2.59. The minimum absolute atomic E-state index is 0.0731. The van der Waals surface area contributed by atoms with Crippen LogP contribution in [0.1, 0.15) is 12.5 Å². The van der Waals surface area contributed by atoms with Gasteiger partial charge in [0, 0.05) is 26.6 Å². The summed E-state index contributed by atoms with van der Waals surface area (Å²) in [5, 5.41) is 22.9. The minimum Gasteiger partial charge on any atom is -0.507 e. The van der Waals surface area contributed by atoms with Gasteiger partial charge in [-0.05, 0) is 37.3 Å². The third-order valence-corrected chi connectivity index (χ3v) is 5.95. The molecule has 0 fully saturated rings. The van der Waals surface area contributed by atoms with Crippen LogP contribution in [0.2, 0.25) is 0 Å². The number of phenolic OH excluding ortho intramolecular Hbond substituents is 1. The van der Waals surface area contributed by atoms with Crippen molar-refractivity contribution in [3.63, 3.8) is 0 Å². The number of benzene rings is 2. The van der Waals surface area contributed by atoms with E-state index in [0.717, 1.165) is 20.1 Å². The number of aromatic hydroxyl groups is 1. The highest BCUT2D eigenvalue weighted by atomic mass is 79.9. The molecule has 2 N–H and O–H groups in total. The summed E-state index contributed by atoms with van der Waals surface area (Å²) in [7, 11) is 0. The number of nitrogens with zero attached hydrogens (tertiary/aromatic N) is 4. The molecular formula is C21H19Br2N5O2S. The third kappa shape index (κ3) is 6.52. The molecule has 31 heavy (non-hydrogen) atoms. The molecule has 7 nitrogen and oxygen atoms in total. The largest absolute Gasteiger partial charge is 0.507 e. The van der Waals surface area contributed by atoms with Crippen molar-refractivity contribution in [2.45, 2.75) is 18.6 Å². The van der Waals surface area contributed by atoms with Gasteiger partial charge in [0.15, 0.2) is 11.0 Å². The van der Waals surface area contributed by atoms with Gasteiger partial charge >= 0.3 is 0 Å². The highest BCUT2D eigenvalue weighted by Crippen LogP contribution is 2.26. The predicted octanol–water partition coefficient (Wildman–Crippen LogP) is 4.99. The number of allylic oxidation sites excluding steroid dienone is 1. The summed E-state index contributed by atoms with van der Waals surface area (Å²) in [6.45, 7) is 6.46. The van der Waals surface area contributed by atoms with E-state index >= 15 is 0 Å². The Balaban J connectivity index is 1.67. The van der Waals surface area contributed by atoms with E-state index in [-0.39, 0.29) is 17.4 Å². The number of nitrogens with one attached hydrogen (secondary N) is 1. The van der Waals surface area contributed by atoms with Crippen LogP contribution < -0.4 is 5.43 Å². The number of thioether (sulfide) groups is 1. The number of carbonyl (C=O) groups excluding carboxylic acids is 1. The molecule has 1 aromatic heterocycles. The zero-order valence-electron chi connectivity index (χ0n) is 16.5. The maximum absolute atomic E-state index is 12.2. The summed E-state index contributed by atoms with van der Waals surface area (Å²) in [5.41, 5.74) is 4.81. The normalized spacial score (nSPS) is 11.1. The van der Waals surface area contributed by atoms with Crippen LogP contribution in [-0.2, 0) is 11.3 Å². The molecule has 0 saturated carbocycles. The van der Waals surface area contributed by atoms with E-state index in [4.69, 9.17) is 0 Å². The van der Waals surface area contributed by atoms with E-state index in [0.29, 0.717) is 23.1 Å². The number of amides is 1. The van der Waals surface area contributed by atoms with Crippen LogP contribution in [0.3, 0.4) is 0 Å². The van der Waals surface area contributed by atoms with Crippen LogP contribution in [0.15, 0.2) is 73.8 Å². The van der Waals surface area contributed by atoms with Crippen molar-refractivity contribution >= 4 is 55.7 Å². The first kappa shape index (κ1) is 23.2. The fourth-order valence-corrected chi connectivity index (χ4v) is 3.96. The van der Waals surface area contributed by atoms with Crippen LogP contribution in [0, 0.1) is 0 Å². The second-order valence-electron chi connectivity index (χ2n) is 6.64. The van der Waals surface area contributed by atoms with Crippen LogP contribution in [-0.4, -0.2) is 37.7 Å². The van der Waals surface area contributed by atoms with Gasteiger partial charge in [0.2, 0.25) is 0 Å². The average molecular weight is 565 g/mol. The van der Waals surface area contributed by atoms with Crippen molar-refractivity contribution in [3.05, 3.63) is 69.1 Å². The molecule has 0 aliphatic carbocycles. The van der Waals surface area contributed by atoms with Crippen molar-refractivity contribution in [3.8, 4) is 17.1 Å². The van der Waals surface area contributed by atoms with Gasteiger partial charge in [-0.2, -0.15) is 5.10 Å². The Morgan fingerprint density at radius 2 is 1.94 bits per heavy atom.